The van der Waals surface area contributed by atoms with E-state index < -0.39 is 40.8 Å². The molecule has 178 valence electrons. The molecule has 1 N–H and O–H groups in total. The predicted octanol–water partition coefficient (Wildman–Crippen LogP) is 4.22. The van der Waals surface area contributed by atoms with E-state index >= 15 is 0 Å². The first-order valence-corrected chi connectivity index (χ1v) is 10.6. The normalized spacial score (nSPS) is 16.4. The van der Waals surface area contributed by atoms with Crippen LogP contribution in [-0.2, 0) is 11.0 Å². The summed E-state index contributed by atoms with van der Waals surface area (Å²) in [4.78, 5) is 31.1. The Labute approximate surface area is 192 Å². The van der Waals surface area contributed by atoms with Gasteiger partial charge in [-0.3, -0.25) is 9.59 Å². The number of hydrogen-bond donors (Lipinski definition) is 1. The Morgan fingerprint density at radius 3 is 2.56 bits per heavy atom. The number of pyridine rings is 1. The van der Waals surface area contributed by atoms with Gasteiger partial charge in [-0.25, -0.2) is 14.1 Å². The molecule has 4 rings (SSSR count). The zero-order valence-electron chi connectivity index (χ0n) is 18.1. The summed E-state index contributed by atoms with van der Waals surface area (Å²) in [7, 11) is 0. The second kappa shape index (κ2) is 9.24. The number of rotatable bonds is 4. The number of alkyl halides is 3. The highest BCUT2D eigenvalue weighted by Crippen LogP contribution is 2.35. The van der Waals surface area contributed by atoms with Gasteiger partial charge in [0, 0.05) is 19.3 Å². The quantitative estimate of drug-likeness (QED) is 0.573. The van der Waals surface area contributed by atoms with E-state index in [-0.39, 0.29) is 19.0 Å². The molecular formula is C23H21F4N5O2. The van der Waals surface area contributed by atoms with Crippen LogP contribution < -0.4 is 5.32 Å². The van der Waals surface area contributed by atoms with E-state index in [9.17, 15) is 27.2 Å². The summed E-state index contributed by atoms with van der Waals surface area (Å²) in [6.07, 6.45) is -1.67. The third-order valence-electron chi connectivity index (χ3n) is 5.59. The van der Waals surface area contributed by atoms with Crippen molar-refractivity contribution in [2.75, 3.05) is 18.4 Å². The van der Waals surface area contributed by atoms with Crippen molar-refractivity contribution in [3.8, 4) is 5.69 Å². The van der Waals surface area contributed by atoms with Gasteiger partial charge in [-0.05, 0) is 43.5 Å². The Hall–Kier alpha value is -3.76. The number of anilines is 1. The lowest BCUT2D eigenvalue weighted by atomic mass is 9.96. The van der Waals surface area contributed by atoms with Crippen molar-refractivity contribution < 1.29 is 27.2 Å². The van der Waals surface area contributed by atoms with Gasteiger partial charge in [0.25, 0.3) is 5.91 Å². The van der Waals surface area contributed by atoms with E-state index in [2.05, 4.69) is 15.4 Å². The third-order valence-corrected chi connectivity index (χ3v) is 5.59. The topological polar surface area (TPSA) is 80.1 Å². The standard InChI is InChI=1S/C23H21F4N5O2/c1-14-8-9-19(28-11-14)30-21(33)15-5-4-10-31(13-15)22(34)16-12-29-32(20(16)23(25,26)27)18-7-3-2-6-17(18)24/h2-3,6-9,11-12,15H,4-5,10,13H2,1H3,(H,28,30,33). The Morgan fingerprint density at radius 2 is 1.88 bits per heavy atom. The minimum atomic E-state index is -4.96. The number of halogens is 4. The number of aryl methyl sites for hydroxylation is 1. The molecule has 11 heteroatoms. The number of piperidine rings is 1. The Kier molecular flexibility index (Phi) is 6.36. The molecule has 1 aromatic carbocycles. The van der Waals surface area contributed by atoms with Gasteiger partial charge in [-0.1, -0.05) is 18.2 Å². The summed E-state index contributed by atoms with van der Waals surface area (Å²) < 4.78 is 56.4. The number of amides is 2. The Bertz CT molecular complexity index is 1210. The van der Waals surface area contributed by atoms with E-state index in [4.69, 9.17) is 0 Å². The fourth-order valence-corrected chi connectivity index (χ4v) is 3.90. The van der Waals surface area contributed by atoms with Gasteiger partial charge in [0.2, 0.25) is 5.91 Å². The number of hydrogen-bond acceptors (Lipinski definition) is 4. The van der Waals surface area contributed by atoms with Crippen molar-refractivity contribution >= 4 is 17.6 Å². The van der Waals surface area contributed by atoms with Crippen molar-refractivity contribution in [2.24, 2.45) is 5.92 Å². The fraction of sp³-hybridized carbons (Fsp3) is 0.304. The zero-order chi connectivity index (χ0) is 24.5. The van der Waals surface area contributed by atoms with Crippen LogP contribution in [0.3, 0.4) is 0 Å². The highest BCUT2D eigenvalue weighted by Gasteiger charge is 2.42. The Balaban J connectivity index is 1.57. The zero-order valence-corrected chi connectivity index (χ0v) is 18.1. The molecule has 3 heterocycles. The van der Waals surface area contributed by atoms with Gasteiger partial charge in [0.15, 0.2) is 5.69 Å². The summed E-state index contributed by atoms with van der Waals surface area (Å²) >= 11 is 0. The highest BCUT2D eigenvalue weighted by atomic mass is 19.4. The number of carbonyl (C=O) groups is 2. The van der Waals surface area contributed by atoms with Crippen LogP contribution in [0.5, 0.6) is 0 Å². The number of nitrogens with one attached hydrogen (secondary N) is 1. The molecule has 34 heavy (non-hydrogen) atoms. The summed E-state index contributed by atoms with van der Waals surface area (Å²) in [5, 5.41) is 6.35. The van der Waals surface area contributed by atoms with Crippen molar-refractivity contribution in [3.05, 3.63) is 71.4 Å². The number of nitrogens with zero attached hydrogens (tertiary/aromatic N) is 4. The van der Waals surface area contributed by atoms with Crippen LogP contribution in [0, 0.1) is 18.7 Å². The molecule has 2 aromatic heterocycles. The molecule has 7 nitrogen and oxygen atoms in total. The first kappa shape index (κ1) is 23.4. The van der Waals surface area contributed by atoms with Crippen LogP contribution in [0.2, 0.25) is 0 Å². The lowest BCUT2D eigenvalue weighted by molar-refractivity contribution is -0.143. The maximum atomic E-state index is 14.2. The van der Waals surface area contributed by atoms with Gasteiger partial charge >= 0.3 is 6.18 Å². The maximum Gasteiger partial charge on any atom is 0.434 e. The van der Waals surface area contributed by atoms with E-state index in [1.54, 1.807) is 18.3 Å². The summed E-state index contributed by atoms with van der Waals surface area (Å²) in [5.41, 5.74) is -1.56. The number of benzene rings is 1. The molecule has 1 saturated heterocycles. The molecule has 0 spiro atoms. The van der Waals surface area contributed by atoms with Crippen molar-refractivity contribution in [1.29, 1.82) is 0 Å². The molecule has 1 aliphatic rings. The van der Waals surface area contributed by atoms with Gasteiger partial charge in [-0.15, -0.1) is 0 Å². The molecule has 3 aromatic rings. The minimum absolute atomic E-state index is 0.0568. The molecule has 0 bridgehead atoms. The predicted molar refractivity (Wildman–Crippen MR) is 115 cm³/mol. The number of para-hydroxylation sites is 1. The fourth-order valence-electron chi connectivity index (χ4n) is 3.90. The monoisotopic (exact) mass is 475 g/mol. The second-order valence-electron chi connectivity index (χ2n) is 8.07. The van der Waals surface area contributed by atoms with Crippen LogP contribution in [0.25, 0.3) is 5.69 Å². The molecule has 1 atom stereocenters. The highest BCUT2D eigenvalue weighted by molar-refractivity contribution is 5.97. The van der Waals surface area contributed by atoms with Crippen molar-refractivity contribution in [1.82, 2.24) is 19.7 Å². The van der Waals surface area contributed by atoms with Crippen LogP contribution in [-0.4, -0.2) is 44.6 Å². The second-order valence-corrected chi connectivity index (χ2v) is 8.07. The molecule has 1 fully saturated rings. The average molecular weight is 475 g/mol. The molecule has 0 radical (unpaired) electrons. The van der Waals surface area contributed by atoms with E-state index in [1.807, 2.05) is 6.92 Å². The molecule has 0 saturated carbocycles. The Morgan fingerprint density at radius 1 is 1.12 bits per heavy atom. The summed E-state index contributed by atoms with van der Waals surface area (Å²) in [5.74, 6) is -2.45. The average Bonchev–Trinajstić information content (AvgIpc) is 3.26. The largest absolute Gasteiger partial charge is 0.434 e. The van der Waals surface area contributed by atoms with Crippen LogP contribution in [0.1, 0.15) is 34.5 Å². The van der Waals surface area contributed by atoms with E-state index in [0.29, 0.717) is 23.3 Å². The van der Waals surface area contributed by atoms with E-state index in [0.717, 1.165) is 23.9 Å². The van der Waals surface area contributed by atoms with Gasteiger partial charge in [-0.2, -0.15) is 18.3 Å². The molecule has 0 aliphatic carbocycles. The number of aromatic nitrogens is 3. The number of carbonyl (C=O) groups excluding carboxylic acids is 2. The van der Waals surface area contributed by atoms with Crippen LogP contribution in [0.15, 0.2) is 48.8 Å². The first-order chi connectivity index (χ1) is 16.1. The van der Waals surface area contributed by atoms with E-state index in [1.165, 1.54) is 17.0 Å². The van der Waals surface area contributed by atoms with Crippen molar-refractivity contribution in [3.63, 3.8) is 0 Å². The van der Waals surface area contributed by atoms with Crippen LogP contribution >= 0.6 is 0 Å². The van der Waals surface area contributed by atoms with Gasteiger partial charge in [0.1, 0.15) is 17.3 Å². The third kappa shape index (κ3) is 4.78. The maximum absolute atomic E-state index is 14.2. The lowest BCUT2D eigenvalue weighted by Crippen LogP contribution is -2.44. The minimum Gasteiger partial charge on any atom is -0.338 e. The molecular weight excluding hydrogens is 454 g/mol. The van der Waals surface area contributed by atoms with Crippen molar-refractivity contribution in [2.45, 2.75) is 25.9 Å². The SMILES string of the molecule is Cc1ccc(NC(=O)C2CCCN(C(=O)c3cnn(-c4ccccc4F)c3C(F)(F)F)C2)nc1. The molecule has 1 unspecified atom stereocenters. The molecule has 2 amide bonds. The van der Waals surface area contributed by atoms with Gasteiger partial charge < -0.3 is 10.2 Å². The smallest absolute Gasteiger partial charge is 0.338 e. The summed E-state index contributed by atoms with van der Waals surface area (Å²) in [6, 6.07) is 8.30. The lowest BCUT2D eigenvalue weighted by Gasteiger charge is -2.32. The van der Waals surface area contributed by atoms with Crippen LogP contribution in [0.4, 0.5) is 23.4 Å². The first-order valence-electron chi connectivity index (χ1n) is 10.6. The van der Waals surface area contributed by atoms with Gasteiger partial charge in [0.05, 0.1) is 17.7 Å². The number of likely N-dealkylation sites (tertiary alicyclic amines) is 1. The summed E-state index contributed by atoms with van der Waals surface area (Å²) in [6.45, 7) is 1.99. The molecule has 1 aliphatic heterocycles.